The molecule has 0 saturated heterocycles. The lowest BCUT2D eigenvalue weighted by Gasteiger charge is -2.06. The van der Waals surface area contributed by atoms with Gasteiger partial charge in [0.15, 0.2) is 0 Å². The summed E-state index contributed by atoms with van der Waals surface area (Å²) >= 11 is 1.48. The Morgan fingerprint density at radius 1 is 0.853 bits per heavy atom. The Bertz CT molecular complexity index is 1280. The molecule has 0 saturated carbocycles. The van der Waals surface area contributed by atoms with Crippen LogP contribution in [-0.4, -0.2) is 23.6 Å². The molecular weight excluding hydrogens is 446 g/mol. The van der Waals surface area contributed by atoms with Crippen molar-refractivity contribution in [2.75, 3.05) is 11.9 Å². The predicted octanol–water partition coefficient (Wildman–Crippen LogP) is 6.07. The fraction of sp³-hybridized carbons (Fsp3) is 0.143. The van der Waals surface area contributed by atoms with E-state index in [1.807, 2.05) is 72.1 Å². The SMILES string of the molecule is CCOC(=O)Cc1ccc(CC(=O)Nc2cc(-c3ccc(-c4ccccc4O)cc3)cs2)cc1. The Hall–Kier alpha value is -3.90. The molecule has 1 aromatic heterocycles. The second-order valence-corrected chi connectivity index (χ2v) is 8.73. The summed E-state index contributed by atoms with van der Waals surface area (Å²) in [6, 6.07) is 24.6. The van der Waals surface area contributed by atoms with Crippen LogP contribution in [-0.2, 0) is 27.2 Å². The zero-order valence-electron chi connectivity index (χ0n) is 18.8. The smallest absolute Gasteiger partial charge is 0.310 e. The van der Waals surface area contributed by atoms with Gasteiger partial charge in [-0.2, -0.15) is 0 Å². The summed E-state index contributed by atoms with van der Waals surface area (Å²) in [4.78, 5) is 24.1. The number of benzene rings is 3. The quantitative estimate of drug-likeness (QED) is 0.306. The first-order chi connectivity index (χ1) is 16.5. The van der Waals surface area contributed by atoms with Gasteiger partial charge in [-0.15, -0.1) is 11.3 Å². The van der Waals surface area contributed by atoms with Crippen molar-refractivity contribution in [3.63, 3.8) is 0 Å². The van der Waals surface area contributed by atoms with E-state index in [0.29, 0.717) is 6.61 Å². The van der Waals surface area contributed by atoms with Gasteiger partial charge in [-0.25, -0.2) is 0 Å². The minimum atomic E-state index is -0.255. The van der Waals surface area contributed by atoms with Crippen LogP contribution in [0.1, 0.15) is 18.1 Å². The van der Waals surface area contributed by atoms with Gasteiger partial charge >= 0.3 is 5.97 Å². The van der Waals surface area contributed by atoms with Crippen molar-refractivity contribution in [3.05, 3.63) is 95.4 Å². The van der Waals surface area contributed by atoms with Gasteiger partial charge in [0.05, 0.1) is 24.4 Å². The number of thiophene rings is 1. The zero-order chi connectivity index (χ0) is 23.9. The van der Waals surface area contributed by atoms with E-state index < -0.39 is 0 Å². The van der Waals surface area contributed by atoms with Crippen molar-refractivity contribution in [1.82, 2.24) is 0 Å². The minimum absolute atomic E-state index is 0.0959. The summed E-state index contributed by atoms with van der Waals surface area (Å²) in [7, 11) is 0. The van der Waals surface area contributed by atoms with Gasteiger partial charge in [-0.05, 0) is 46.9 Å². The fourth-order valence-electron chi connectivity index (χ4n) is 3.63. The number of amides is 1. The second-order valence-electron chi connectivity index (χ2n) is 7.82. The topological polar surface area (TPSA) is 75.6 Å². The second kappa shape index (κ2) is 10.8. The molecule has 0 fully saturated rings. The molecule has 0 aliphatic heterocycles. The monoisotopic (exact) mass is 471 g/mol. The third kappa shape index (κ3) is 5.91. The summed E-state index contributed by atoms with van der Waals surface area (Å²) in [6.45, 7) is 2.15. The lowest BCUT2D eigenvalue weighted by molar-refractivity contribution is -0.142. The molecule has 172 valence electrons. The number of anilines is 1. The Morgan fingerprint density at radius 2 is 1.50 bits per heavy atom. The molecule has 0 spiro atoms. The molecule has 5 nitrogen and oxygen atoms in total. The number of hydrogen-bond donors (Lipinski definition) is 2. The van der Waals surface area contributed by atoms with Crippen LogP contribution in [0.25, 0.3) is 22.3 Å². The van der Waals surface area contributed by atoms with Gasteiger partial charge in [0, 0.05) is 10.9 Å². The van der Waals surface area contributed by atoms with Gasteiger partial charge in [-0.3, -0.25) is 9.59 Å². The molecule has 0 aliphatic carbocycles. The first kappa shape index (κ1) is 23.3. The lowest BCUT2D eigenvalue weighted by atomic mass is 10.0. The van der Waals surface area contributed by atoms with E-state index in [0.717, 1.165) is 38.4 Å². The number of phenols is 1. The van der Waals surface area contributed by atoms with Crippen molar-refractivity contribution >= 4 is 28.2 Å². The number of hydrogen-bond acceptors (Lipinski definition) is 5. The minimum Gasteiger partial charge on any atom is -0.507 e. The van der Waals surface area contributed by atoms with Crippen molar-refractivity contribution in [1.29, 1.82) is 0 Å². The normalized spacial score (nSPS) is 10.6. The molecule has 1 amide bonds. The Morgan fingerprint density at radius 3 is 2.18 bits per heavy atom. The number of phenolic OH excluding ortho intramolecular Hbond substituents is 1. The summed E-state index contributed by atoms with van der Waals surface area (Å²) in [6.07, 6.45) is 0.480. The van der Waals surface area contributed by atoms with Crippen molar-refractivity contribution in [2.45, 2.75) is 19.8 Å². The molecule has 0 aliphatic rings. The van der Waals surface area contributed by atoms with Crippen LogP contribution in [0.4, 0.5) is 5.00 Å². The molecule has 4 aromatic rings. The van der Waals surface area contributed by atoms with Crippen molar-refractivity contribution < 1.29 is 19.4 Å². The summed E-state index contributed by atoms with van der Waals surface area (Å²) in [5, 5.41) is 15.8. The largest absolute Gasteiger partial charge is 0.507 e. The summed E-state index contributed by atoms with van der Waals surface area (Å²) < 4.78 is 4.96. The molecule has 0 radical (unpaired) electrons. The summed E-state index contributed by atoms with van der Waals surface area (Å²) in [5.74, 6) is -0.0970. The molecular formula is C28H25NO4S. The molecule has 2 N–H and O–H groups in total. The Kier molecular flexibility index (Phi) is 7.40. The van der Waals surface area contributed by atoms with Crippen LogP contribution in [0.3, 0.4) is 0 Å². The van der Waals surface area contributed by atoms with Gasteiger partial charge in [0.1, 0.15) is 5.75 Å². The average Bonchev–Trinajstić information content (AvgIpc) is 3.29. The van der Waals surface area contributed by atoms with E-state index >= 15 is 0 Å². The molecule has 0 bridgehead atoms. The lowest BCUT2D eigenvalue weighted by Crippen LogP contribution is -2.13. The highest BCUT2D eigenvalue weighted by Gasteiger charge is 2.10. The molecule has 1 heterocycles. The molecule has 34 heavy (non-hydrogen) atoms. The van der Waals surface area contributed by atoms with E-state index in [-0.39, 0.29) is 30.5 Å². The third-order valence-corrected chi connectivity index (χ3v) is 6.18. The fourth-order valence-corrected chi connectivity index (χ4v) is 4.46. The first-order valence-corrected chi connectivity index (χ1v) is 11.9. The van der Waals surface area contributed by atoms with Crippen molar-refractivity contribution in [2.24, 2.45) is 0 Å². The number of ether oxygens (including phenoxy) is 1. The van der Waals surface area contributed by atoms with Gasteiger partial charge in [-0.1, -0.05) is 66.7 Å². The van der Waals surface area contributed by atoms with Crippen LogP contribution in [0.15, 0.2) is 84.2 Å². The maximum atomic E-state index is 12.5. The van der Waals surface area contributed by atoms with E-state index in [1.165, 1.54) is 11.3 Å². The third-order valence-electron chi connectivity index (χ3n) is 5.34. The van der Waals surface area contributed by atoms with E-state index in [2.05, 4.69) is 5.32 Å². The van der Waals surface area contributed by atoms with E-state index in [9.17, 15) is 14.7 Å². The predicted molar refractivity (Wildman–Crippen MR) is 136 cm³/mol. The summed E-state index contributed by atoms with van der Waals surface area (Å²) in [5.41, 5.74) is 5.53. The highest BCUT2D eigenvalue weighted by atomic mass is 32.1. The average molecular weight is 472 g/mol. The molecule has 3 aromatic carbocycles. The number of carbonyl (C=O) groups excluding carboxylic acids is 2. The number of para-hydroxylation sites is 1. The number of aromatic hydroxyl groups is 1. The Labute approximate surface area is 202 Å². The molecule has 6 heteroatoms. The highest BCUT2D eigenvalue weighted by Crippen LogP contribution is 2.33. The van der Waals surface area contributed by atoms with Crippen LogP contribution in [0.2, 0.25) is 0 Å². The number of rotatable bonds is 8. The molecule has 4 rings (SSSR count). The highest BCUT2D eigenvalue weighted by molar-refractivity contribution is 7.14. The maximum Gasteiger partial charge on any atom is 0.310 e. The van der Waals surface area contributed by atoms with Crippen LogP contribution < -0.4 is 5.32 Å². The zero-order valence-corrected chi connectivity index (χ0v) is 19.6. The van der Waals surface area contributed by atoms with Crippen LogP contribution >= 0.6 is 11.3 Å². The van der Waals surface area contributed by atoms with E-state index in [4.69, 9.17) is 4.74 Å². The number of esters is 1. The van der Waals surface area contributed by atoms with Crippen LogP contribution in [0, 0.1) is 0 Å². The first-order valence-electron chi connectivity index (χ1n) is 11.0. The molecule has 0 unspecified atom stereocenters. The molecule has 0 atom stereocenters. The van der Waals surface area contributed by atoms with Crippen molar-refractivity contribution in [3.8, 4) is 28.0 Å². The Balaban J connectivity index is 1.35. The van der Waals surface area contributed by atoms with Crippen LogP contribution in [0.5, 0.6) is 5.75 Å². The standard InChI is InChI=1S/C28H25NO4S/c1-2-33-28(32)16-20-9-7-19(8-10-20)15-26(31)29-27-17-23(18-34-27)21-11-13-22(14-12-21)24-5-3-4-6-25(24)30/h3-14,17-18,30H,2,15-16H2,1H3,(H,29,31). The van der Waals surface area contributed by atoms with Gasteiger partial charge in [0.25, 0.3) is 0 Å². The van der Waals surface area contributed by atoms with Gasteiger partial charge in [0.2, 0.25) is 5.91 Å². The van der Waals surface area contributed by atoms with E-state index in [1.54, 1.807) is 19.1 Å². The number of carbonyl (C=O) groups is 2. The number of nitrogens with one attached hydrogen (secondary N) is 1. The maximum absolute atomic E-state index is 12.5. The van der Waals surface area contributed by atoms with Gasteiger partial charge < -0.3 is 15.2 Å².